The number of halogens is 1. The van der Waals surface area contributed by atoms with Crippen LogP contribution in [0.2, 0.25) is 5.02 Å². The van der Waals surface area contributed by atoms with Crippen LogP contribution in [-0.4, -0.2) is 24.3 Å². The van der Waals surface area contributed by atoms with Crippen molar-refractivity contribution in [2.24, 2.45) is 23.2 Å². The van der Waals surface area contributed by atoms with E-state index in [1.54, 1.807) is 18.2 Å². The normalized spacial score (nSPS) is 30.0. The Balaban J connectivity index is 1.21. The first kappa shape index (κ1) is 19.2. The molecule has 7 heteroatoms. The number of benzene rings is 1. The molecular formula is C21H26ClN3O3. The molecule has 6 nitrogen and oxygen atoms in total. The van der Waals surface area contributed by atoms with Gasteiger partial charge < -0.3 is 5.32 Å². The predicted octanol–water partition coefficient (Wildman–Crippen LogP) is 2.82. The molecule has 0 aliphatic heterocycles. The molecule has 4 aliphatic carbocycles. The molecule has 0 heterocycles. The Morgan fingerprint density at radius 2 is 1.57 bits per heavy atom. The zero-order chi connectivity index (χ0) is 19.7. The number of rotatable bonds is 5. The summed E-state index contributed by atoms with van der Waals surface area (Å²) in [5, 5.41) is 2.97. The van der Waals surface area contributed by atoms with Crippen molar-refractivity contribution in [2.75, 3.05) is 6.54 Å². The summed E-state index contributed by atoms with van der Waals surface area (Å²) in [5.74, 6) is 1.37. The van der Waals surface area contributed by atoms with Crippen molar-refractivity contribution < 1.29 is 14.4 Å². The Kier molecular flexibility index (Phi) is 5.32. The third kappa shape index (κ3) is 4.32. The number of nitrogens with one attached hydrogen (secondary N) is 3. The van der Waals surface area contributed by atoms with E-state index in [1.807, 2.05) is 0 Å². The summed E-state index contributed by atoms with van der Waals surface area (Å²) in [4.78, 5) is 36.4. The third-order valence-corrected chi connectivity index (χ3v) is 6.77. The summed E-state index contributed by atoms with van der Waals surface area (Å²) in [6.07, 6.45) is 7.94. The second-order valence-corrected chi connectivity index (χ2v) is 9.32. The molecule has 0 atom stereocenters. The van der Waals surface area contributed by atoms with E-state index in [0.717, 1.165) is 37.0 Å². The molecule has 4 fully saturated rings. The Hall–Kier alpha value is -2.08. The fourth-order valence-electron chi connectivity index (χ4n) is 5.97. The molecule has 1 aromatic carbocycles. The van der Waals surface area contributed by atoms with Crippen LogP contribution in [0.5, 0.6) is 0 Å². The van der Waals surface area contributed by atoms with Gasteiger partial charge in [0.25, 0.3) is 11.8 Å². The van der Waals surface area contributed by atoms with Gasteiger partial charge in [0.15, 0.2) is 0 Å². The van der Waals surface area contributed by atoms with Gasteiger partial charge >= 0.3 is 0 Å². The highest BCUT2D eigenvalue weighted by Gasteiger charge is 2.51. The van der Waals surface area contributed by atoms with Gasteiger partial charge in [-0.2, -0.15) is 0 Å². The van der Waals surface area contributed by atoms with Crippen LogP contribution >= 0.6 is 11.6 Å². The van der Waals surface area contributed by atoms with Crippen molar-refractivity contribution in [1.29, 1.82) is 0 Å². The molecule has 0 spiro atoms. The van der Waals surface area contributed by atoms with Gasteiger partial charge in [-0.05, 0) is 79.9 Å². The van der Waals surface area contributed by atoms with E-state index < -0.39 is 11.8 Å². The van der Waals surface area contributed by atoms with Gasteiger partial charge in [0.05, 0.1) is 6.54 Å². The first-order valence-electron chi connectivity index (χ1n) is 10.0. The summed E-state index contributed by atoms with van der Waals surface area (Å²) >= 11 is 5.86. The van der Waals surface area contributed by atoms with Crippen molar-refractivity contribution in [3.8, 4) is 0 Å². The minimum absolute atomic E-state index is 0.129. The van der Waals surface area contributed by atoms with E-state index in [1.165, 1.54) is 25.3 Å². The van der Waals surface area contributed by atoms with Crippen LogP contribution in [0.1, 0.15) is 55.3 Å². The van der Waals surface area contributed by atoms with Gasteiger partial charge in [-0.3, -0.25) is 25.2 Å². The monoisotopic (exact) mass is 403 g/mol. The van der Waals surface area contributed by atoms with Crippen LogP contribution in [0.4, 0.5) is 0 Å². The standard InChI is InChI=1S/C21H26ClN3O3/c22-17-3-1-2-16(7-17)20(28)23-12-19(27)25-24-18(26)11-21-8-13-4-14(9-21)6-15(5-13)10-21/h1-3,7,13-15H,4-6,8-12H2,(H,23,28)(H,24,26)(H,25,27). The van der Waals surface area contributed by atoms with Gasteiger partial charge in [-0.25, -0.2) is 0 Å². The van der Waals surface area contributed by atoms with Crippen LogP contribution in [0.15, 0.2) is 24.3 Å². The maximum atomic E-state index is 12.4. The van der Waals surface area contributed by atoms with Crippen molar-refractivity contribution in [3.63, 3.8) is 0 Å². The summed E-state index contributed by atoms with van der Waals surface area (Å²) in [6, 6.07) is 6.49. The van der Waals surface area contributed by atoms with Crippen LogP contribution in [0.25, 0.3) is 0 Å². The first-order chi connectivity index (χ1) is 13.4. The second kappa shape index (κ2) is 7.74. The number of hydrazine groups is 1. The number of carbonyl (C=O) groups is 3. The second-order valence-electron chi connectivity index (χ2n) is 8.88. The topological polar surface area (TPSA) is 87.3 Å². The summed E-state index contributed by atoms with van der Waals surface area (Å²) in [6.45, 7) is -0.219. The largest absolute Gasteiger partial charge is 0.343 e. The molecule has 4 saturated carbocycles. The van der Waals surface area contributed by atoms with Crippen LogP contribution < -0.4 is 16.2 Å². The average Bonchev–Trinajstić information content (AvgIpc) is 2.63. The molecule has 5 rings (SSSR count). The zero-order valence-corrected chi connectivity index (χ0v) is 16.6. The molecule has 0 aromatic heterocycles. The Bertz CT molecular complexity index is 760. The SMILES string of the molecule is O=C(CNC(=O)c1cccc(Cl)c1)NNC(=O)CC12CC3CC(CC(C3)C1)C2. The number of amides is 3. The molecule has 3 N–H and O–H groups in total. The smallest absolute Gasteiger partial charge is 0.257 e. The summed E-state index contributed by atoms with van der Waals surface area (Å²) in [5.41, 5.74) is 5.43. The number of carbonyl (C=O) groups excluding carboxylic acids is 3. The van der Waals surface area contributed by atoms with E-state index in [0.29, 0.717) is 17.0 Å². The van der Waals surface area contributed by atoms with E-state index in [9.17, 15) is 14.4 Å². The van der Waals surface area contributed by atoms with Crippen molar-refractivity contribution in [2.45, 2.75) is 44.9 Å². The minimum Gasteiger partial charge on any atom is -0.343 e. The molecule has 3 amide bonds. The molecule has 1 aromatic rings. The van der Waals surface area contributed by atoms with Crippen LogP contribution in [-0.2, 0) is 9.59 Å². The zero-order valence-electron chi connectivity index (χ0n) is 15.8. The molecule has 4 bridgehead atoms. The fraction of sp³-hybridized carbons (Fsp3) is 0.571. The van der Waals surface area contributed by atoms with Crippen molar-refractivity contribution >= 4 is 29.3 Å². The highest BCUT2D eigenvalue weighted by Crippen LogP contribution is 2.61. The number of hydrogen-bond donors (Lipinski definition) is 3. The van der Waals surface area contributed by atoms with Crippen molar-refractivity contribution in [1.82, 2.24) is 16.2 Å². The lowest BCUT2D eigenvalue weighted by Crippen LogP contribution is -2.51. The van der Waals surface area contributed by atoms with Crippen LogP contribution in [0, 0.1) is 23.2 Å². The minimum atomic E-state index is -0.464. The predicted molar refractivity (Wildman–Crippen MR) is 105 cm³/mol. The quantitative estimate of drug-likeness (QED) is 0.660. The maximum absolute atomic E-state index is 12.4. The van der Waals surface area contributed by atoms with Gasteiger partial charge in [-0.1, -0.05) is 17.7 Å². The summed E-state index contributed by atoms with van der Waals surface area (Å²) in [7, 11) is 0. The van der Waals surface area contributed by atoms with Crippen molar-refractivity contribution in [3.05, 3.63) is 34.9 Å². The third-order valence-electron chi connectivity index (χ3n) is 6.54. The number of hydrogen-bond acceptors (Lipinski definition) is 3. The molecule has 4 aliphatic rings. The highest BCUT2D eigenvalue weighted by molar-refractivity contribution is 6.30. The lowest BCUT2D eigenvalue weighted by molar-refractivity contribution is -0.134. The lowest BCUT2D eigenvalue weighted by atomic mass is 9.49. The molecule has 0 radical (unpaired) electrons. The van der Waals surface area contributed by atoms with E-state index in [-0.39, 0.29) is 17.9 Å². The first-order valence-corrected chi connectivity index (χ1v) is 10.4. The summed E-state index contributed by atoms with van der Waals surface area (Å²) < 4.78 is 0. The van der Waals surface area contributed by atoms with Gasteiger partial charge in [0.2, 0.25) is 5.91 Å². The fourth-order valence-corrected chi connectivity index (χ4v) is 6.16. The molecule has 28 heavy (non-hydrogen) atoms. The van der Waals surface area contributed by atoms with Crippen LogP contribution in [0.3, 0.4) is 0 Å². The molecular weight excluding hydrogens is 378 g/mol. The van der Waals surface area contributed by atoms with E-state index >= 15 is 0 Å². The average molecular weight is 404 g/mol. The Morgan fingerprint density at radius 3 is 2.18 bits per heavy atom. The van der Waals surface area contributed by atoms with E-state index in [2.05, 4.69) is 16.2 Å². The Morgan fingerprint density at radius 1 is 0.964 bits per heavy atom. The maximum Gasteiger partial charge on any atom is 0.257 e. The van der Waals surface area contributed by atoms with E-state index in [4.69, 9.17) is 11.6 Å². The molecule has 0 unspecified atom stereocenters. The van der Waals surface area contributed by atoms with Gasteiger partial charge in [0.1, 0.15) is 0 Å². The molecule has 0 saturated heterocycles. The highest BCUT2D eigenvalue weighted by atomic mass is 35.5. The molecule has 150 valence electrons. The van der Waals surface area contributed by atoms with Gasteiger partial charge in [0, 0.05) is 17.0 Å². The van der Waals surface area contributed by atoms with Gasteiger partial charge in [-0.15, -0.1) is 0 Å². The lowest BCUT2D eigenvalue weighted by Gasteiger charge is -2.56. The Labute approximate surface area is 169 Å².